The predicted molar refractivity (Wildman–Crippen MR) is 204 cm³/mol. The molecule has 2 atom stereocenters. The average Bonchev–Trinajstić information content (AvgIpc) is 3.14. The van der Waals surface area contributed by atoms with E-state index in [0.717, 1.165) is 30.2 Å². The molecule has 0 aliphatic carbocycles. The number of carbonyl (C=O) groups is 4. The Morgan fingerprint density at radius 1 is 0.745 bits per heavy atom. The standard InChI is InChI=1S/C42H60N4O5/c1-3-5-6-7-8-9-10-11-12-13-17-24-35(31-39(43)47)46(30-4-2)42(50)38(26-20-27-40(48)51-32-33-21-15-14-16-22-33)45-41(49)37-29-28-34-23-18-19-25-36(34)44-37/h14-16,18-19,21-23,25,28-29,35,38H,3-13,17,20,24,26-27,30-32H2,1-2H3,(H2,43,47)(H,45,49)/t35-,38-/m0/s1. The maximum Gasteiger partial charge on any atom is 0.306 e. The number of hydrogen-bond donors (Lipinski definition) is 2. The van der Waals surface area contributed by atoms with Crippen LogP contribution in [0.5, 0.6) is 0 Å². The second kappa shape index (κ2) is 24.0. The van der Waals surface area contributed by atoms with Crippen molar-refractivity contribution in [1.29, 1.82) is 0 Å². The molecule has 2 aromatic carbocycles. The molecule has 0 bridgehead atoms. The first-order valence-corrected chi connectivity index (χ1v) is 19.3. The molecular weight excluding hydrogens is 640 g/mol. The number of primary amides is 1. The zero-order chi connectivity index (χ0) is 36.7. The summed E-state index contributed by atoms with van der Waals surface area (Å²) in [7, 11) is 0. The lowest BCUT2D eigenvalue weighted by atomic mass is 9.99. The number of unbranched alkanes of at least 4 members (excludes halogenated alkanes) is 10. The van der Waals surface area contributed by atoms with Crippen LogP contribution in [-0.4, -0.2) is 52.2 Å². The normalized spacial score (nSPS) is 12.3. The van der Waals surface area contributed by atoms with Crippen LogP contribution in [0, 0.1) is 0 Å². The fourth-order valence-electron chi connectivity index (χ4n) is 6.50. The molecule has 0 saturated heterocycles. The fraction of sp³-hybridized carbons (Fsp3) is 0.548. The van der Waals surface area contributed by atoms with Crippen molar-refractivity contribution in [3.8, 4) is 0 Å². The molecule has 0 radical (unpaired) electrons. The highest BCUT2D eigenvalue weighted by Gasteiger charge is 2.31. The van der Waals surface area contributed by atoms with E-state index in [1.807, 2.05) is 67.6 Å². The Balaban J connectivity index is 1.66. The van der Waals surface area contributed by atoms with Gasteiger partial charge in [-0.05, 0) is 43.4 Å². The molecule has 3 rings (SSSR count). The summed E-state index contributed by atoms with van der Waals surface area (Å²) in [6.45, 7) is 4.82. The van der Waals surface area contributed by atoms with Crippen LogP contribution < -0.4 is 11.1 Å². The van der Waals surface area contributed by atoms with Crippen molar-refractivity contribution in [3.63, 3.8) is 0 Å². The number of nitrogens with two attached hydrogens (primary N) is 1. The van der Waals surface area contributed by atoms with E-state index in [0.29, 0.717) is 31.3 Å². The average molecular weight is 701 g/mol. The minimum absolute atomic E-state index is 0.0577. The number of aromatic nitrogens is 1. The molecule has 0 saturated carbocycles. The lowest BCUT2D eigenvalue weighted by molar-refractivity contribution is -0.145. The monoisotopic (exact) mass is 700 g/mol. The molecule has 278 valence electrons. The lowest BCUT2D eigenvalue weighted by Crippen LogP contribution is -2.53. The highest BCUT2D eigenvalue weighted by atomic mass is 16.5. The Morgan fingerprint density at radius 3 is 2.06 bits per heavy atom. The van der Waals surface area contributed by atoms with E-state index < -0.39 is 17.9 Å². The first-order valence-electron chi connectivity index (χ1n) is 19.3. The van der Waals surface area contributed by atoms with Crippen LogP contribution in [0.1, 0.15) is 139 Å². The Hall–Kier alpha value is -4.27. The molecule has 0 aliphatic rings. The van der Waals surface area contributed by atoms with E-state index >= 15 is 0 Å². The van der Waals surface area contributed by atoms with Gasteiger partial charge in [-0.25, -0.2) is 4.98 Å². The lowest BCUT2D eigenvalue weighted by Gasteiger charge is -2.34. The first kappa shape index (κ1) is 41.2. The molecule has 1 heterocycles. The van der Waals surface area contributed by atoms with E-state index in [9.17, 15) is 19.2 Å². The number of ether oxygens (including phenoxy) is 1. The van der Waals surface area contributed by atoms with Gasteiger partial charge in [0.1, 0.15) is 18.3 Å². The Morgan fingerprint density at radius 2 is 1.39 bits per heavy atom. The third-order valence-corrected chi connectivity index (χ3v) is 9.32. The van der Waals surface area contributed by atoms with Crippen LogP contribution in [0.2, 0.25) is 0 Å². The molecule has 9 nitrogen and oxygen atoms in total. The van der Waals surface area contributed by atoms with Crippen LogP contribution in [0.3, 0.4) is 0 Å². The number of pyridine rings is 1. The summed E-state index contributed by atoms with van der Waals surface area (Å²) in [6.07, 6.45) is 15.3. The minimum atomic E-state index is -0.924. The molecule has 3 N–H and O–H groups in total. The van der Waals surface area contributed by atoms with Crippen molar-refractivity contribution < 1.29 is 23.9 Å². The number of nitrogens with zero attached hydrogens (tertiary/aromatic N) is 2. The Labute approximate surface area is 305 Å². The zero-order valence-electron chi connectivity index (χ0n) is 31.0. The van der Waals surface area contributed by atoms with Gasteiger partial charge >= 0.3 is 5.97 Å². The van der Waals surface area contributed by atoms with Gasteiger partial charge < -0.3 is 20.7 Å². The Kier molecular flexibility index (Phi) is 19.4. The number of hydrogen-bond acceptors (Lipinski definition) is 6. The Bertz CT molecular complexity index is 1480. The van der Waals surface area contributed by atoms with E-state index in [-0.39, 0.29) is 49.5 Å². The molecule has 51 heavy (non-hydrogen) atoms. The van der Waals surface area contributed by atoms with Gasteiger partial charge in [0.25, 0.3) is 5.91 Å². The van der Waals surface area contributed by atoms with E-state index in [4.69, 9.17) is 10.5 Å². The number of nitrogens with one attached hydrogen (secondary N) is 1. The van der Waals surface area contributed by atoms with Gasteiger partial charge in [-0.3, -0.25) is 19.2 Å². The summed E-state index contributed by atoms with van der Waals surface area (Å²) in [6, 6.07) is 19.2. The second-order valence-corrected chi connectivity index (χ2v) is 13.6. The highest BCUT2D eigenvalue weighted by molar-refractivity contribution is 5.98. The summed E-state index contributed by atoms with van der Waals surface area (Å²) in [5, 5.41) is 3.83. The van der Waals surface area contributed by atoms with E-state index in [1.54, 1.807) is 11.0 Å². The van der Waals surface area contributed by atoms with Crippen molar-refractivity contribution >= 4 is 34.6 Å². The number of rotatable bonds is 26. The number of benzene rings is 2. The number of para-hydroxylation sites is 1. The summed E-state index contributed by atoms with van der Waals surface area (Å²) >= 11 is 0. The van der Waals surface area contributed by atoms with Gasteiger partial charge in [0.15, 0.2) is 0 Å². The third kappa shape index (κ3) is 15.7. The molecular formula is C42H60N4O5. The van der Waals surface area contributed by atoms with Gasteiger partial charge in [0, 0.05) is 30.8 Å². The quantitative estimate of drug-likeness (QED) is 0.0638. The van der Waals surface area contributed by atoms with Gasteiger partial charge in [0.05, 0.1) is 5.52 Å². The number of esters is 1. The highest BCUT2D eigenvalue weighted by Crippen LogP contribution is 2.20. The topological polar surface area (TPSA) is 132 Å². The number of carbonyl (C=O) groups excluding carboxylic acids is 4. The third-order valence-electron chi connectivity index (χ3n) is 9.32. The van der Waals surface area contributed by atoms with Crippen LogP contribution in [-0.2, 0) is 25.7 Å². The molecule has 0 spiro atoms. The van der Waals surface area contributed by atoms with E-state index in [1.165, 1.54) is 51.4 Å². The van der Waals surface area contributed by atoms with Gasteiger partial charge in [-0.1, -0.05) is 139 Å². The molecule has 0 fully saturated rings. The van der Waals surface area contributed by atoms with Gasteiger partial charge in [-0.15, -0.1) is 0 Å². The fourth-order valence-corrected chi connectivity index (χ4v) is 6.50. The van der Waals surface area contributed by atoms with Crippen LogP contribution in [0.25, 0.3) is 10.9 Å². The predicted octanol–water partition coefficient (Wildman–Crippen LogP) is 8.43. The van der Waals surface area contributed by atoms with Gasteiger partial charge in [-0.2, -0.15) is 0 Å². The second-order valence-electron chi connectivity index (χ2n) is 13.6. The molecule has 9 heteroatoms. The van der Waals surface area contributed by atoms with Gasteiger partial charge in [0.2, 0.25) is 11.8 Å². The molecule has 3 amide bonds. The van der Waals surface area contributed by atoms with Crippen LogP contribution in [0.4, 0.5) is 0 Å². The zero-order valence-corrected chi connectivity index (χ0v) is 31.0. The summed E-state index contributed by atoms with van der Waals surface area (Å²) < 4.78 is 5.45. The SMILES string of the molecule is CCCCCCCCCCCCC[C@@H](CC(N)=O)N(CCC)C(=O)[C@H](CCCC(=O)OCc1ccccc1)NC(=O)c1ccc2ccccc2n1. The first-order chi connectivity index (χ1) is 24.8. The van der Waals surface area contributed by atoms with Crippen LogP contribution >= 0.6 is 0 Å². The maximum atomic E-state index is 14.3. The maximum absolute atomic E-state index is 14.3. The van der Waals surface area contributed by atoms with E-state index in [2.05, 4.69) is 17.2 Å². The molecule has 0 aliphatic heterocycles. The van der Waals surface area contributed by atoms with Crippen LogP contribution in [0.15, 0.2) is 66.7 Å². The summed E-state index contributed by atoms with van der Waals surface area (Å²) in [4.78, 5) is 59.0. The number of amides is 3. The molecule has 1 aromatic heterocycles. The number of fused-ring (bicyclic) bond motifs is 1. The van der Waals surface area contributed by atoms with Crippen molar-refractivity contribution in [2.24, 2.45) is 5.73 Å². The summed E-state index contributed by atoms with van der Waals surface area (Å²) in [5.74, 6) is -1.59. The molecule has 0 unspecified atom stereocenters. The largest absolute Gasteiger partial charge is 0.461 e. The van der Waals surface area contributed by atoms with Crippen molar-refractivity contribution in [2.75, 3.05) is 6.54 Å². The molecule has 3 aromatic rings. The van der Waals surface area contributed by atoms with Crippen molar-refractivity contribution in [1.82, 2.24) is 15.2 Å². The minimum Gasteiger partial charge on any atom is -0.461 e. The smallest absolute Gasteiger partial charge is 0.306 e. The summed E-state index contributed by atoms with van der Waals surface area (Å²) in [5.41, 5.74) is 7.48. The van der Waals surface area contributed by atoms with Crippen molar-refractivity contribution in [3.05, 3.63) is 78.0 Å². The van der Waals surface area contributed by atoms with Crippen molar-refractivity contribution in [2.45, 2.75) is 142 Å².